The van der Waals surface area contributed by atoms with Gasteiger partial charge < -0.3 is 9.67 Å². The largest absolute Gasteiger partial charge is 0.392 e. The molecule has 0 saturated carbocycles. The number of pyridine rings is 1. The minimum atomic E-state index is -0.291. The second-order valence-electron chi connectivity index (χ2n) is 8.40. The highest BCUT2D eigenvalue weighted by Gasteiger charge is 2.47. The van der Waals surface area contributed by atoms with Crippen molar-refractivity contribution in [3.8, 4) is 0 Å². The Kier molecular flexibility index (Phi) is 4.14. The molecule has 5 rings (SSSR count). The summed E-state index contributed by atoms with van der Waals surface area (Å²) in [5.74, 6) is 0. The average Bonchev–Trinajstić information content (AvgIpc) is 2.99. The molecule has 144 valence electrons. The van der Waals surface area contributed by atoms with E-state index in [9.17, 15) is 9.90 Å². The first-order valence-corrected chi connectivity index (χ1v) is 10.1. The van der Waals surface area contributed by atoms with Crippen LogP contribution in [0.1, 0.15) is 29.5 Å². The summed E-state index contributed by atoms with van der Waals surface area (Å²) in [5, 5.41) is 11.9. The quantitative estimate of drug-likeness (QED) is 0.750. The van der Waals surface area contributed by atoms with Gasteiger partial charge in [0.15, 0.2) is 0 Å². The normalized spacial score (nSPS) is 21.3. The molecule has 1 spiro atoms. The lowest BCUT2D eigenvalue weighted by atomic mass is 9.72. The predicted molar refractivity (Wildman–Crippen MR) is 112 cm³/mol. The monoisotopic (exact) mass is 374 g/mol. The second kappa shape index (κ2) is 6.57. The van der Waals surface area contributed by atoms with Crippen LogP contribution in [-0.2, 0) is 25.4 Å². The summed E-state index contributed by atoms with van der Waals surface area (Å²) in [4.78, 5) is 15.2. The van der Waals surface area contributed by atoms with Crippen molar-refractivity contribution in [3.05, 3.63) is 81.6 Å². The van der Waals surface area contributed by atoms with Crippen LogP contribution in [0.3, 0.4) is 0 Å². The van der Waals surface area contributed by atoms with E-state index >= 15 is 0 Å². The number of para-hydroxylation sites is 1. The van der Waals surface area contributed by atoms with E-state index in [4.69, 9.17) is 0 Å². The molecule has 0 amide bonds. The number of hydrogen-bond donors (Lipinski definition) is 1. The van der Waals surface area contributed by atoms with Crippen LogP contribution in [0.2, 0.25) is 0 Å². The third kappa shape index (κ3) is 2.63. The summed E-state index contributed by atoms with van der Waals surface area (Å²) in [6.07, 6.45) is 2.36. The van der Waals surface area contributed by atoms with Gasteiger partial charge in [0.1, 0.15) is 0 Å². The van der Waals surface area contributed by atoms with Gasteiger partial charge in [0.25, 0.3) is 5.56 Å². The third-order valence-electron chi connectivity index (χ3n) is 6.95. The SMILES string of the molecule is Cn1c(=O)c(CN2CCC3(CC2)c2ccccc2C[C@@H]3O)cc2ccccc21. The smallest absolute Gasteiger partial charge is 0.255 e. The molecule has 3 aromatic rings. The molecule has 2 heterocycles. The minimum Gasteiger partial charge on any atom is -0.392 e. The molecule has 28 heavy (non-hydrogen) atoms. The summed E-state index contributed by atoms with van der Waals surface area (Å²) in [7, 11) is 1.85. The number of hydrogen-bond acceptors (Lipinski definition) is 3. The number of aryl methyl sites for hydroxylation is 1. The second-order valence-corrected chi connectivity index (χ2v) is 8.40. The Morgan fingerprint density at radius 2 is 1.79 bits per heavy atom. The molecule has 1 aliphatic carbocycles. The van der Waals surface area contributed by atoms with Crippen LogP contribution in [0.25, 0.3) is 10.9 Å². The molecule has 1 atom stereocenters. The zero-order valence-corrected chi connectivity index (χ0v) is 16.3. The molecule has 2 aliphatic rings. The highest BCUT2D eigenvalue weighted by molar-refractivity contribution is 5.79. The molecule has 0 radical (unpaired) electrons. The highest BCUT2D eigenvalue weighted by Crippen LogP contribution is 2.46. The van der Waals surface area contributed by atoms with E-state index in [1.54, 1.807) is 4.57 Å². The summed E-state index contributed by atoms with van der Waals surface area (Å²) in [6.45, 7) is 2.48. The van der Waals surface area contributed by atoms with E-state index in [1.165, 1.54) is 11.1 Å². The zero-order chi connectivity index (χ0) is 19.3. The van der Waals surface area contributed by atoms with Gasteiger partial charge in [-0.1, -0.05) is 42.5 Å². The van der Waals surface area contributed by atoms with E-state index in [0.717, 1.165) is 48.8 Å². The van der Waals surface area contributed by atoms with Gasteiger partial charge in [0, 0.05) is 24.6 Å². The standard InChI is InChI=1S/C24H26N2O2/c1-25-21-9-5-3-7-18(21)14-19(23(25)28)16-26-12-10-24(11-13-26)20-8-4-2-6-17(20)15-22(24)27/h2-9,14,22,27H,10-13,15-16H2,1H3/t22-/m0/s1. The minimum absolute atomic E-state index is 0.0882. The number of nitrogens with zero attached hydrogens (tertiary/aromatic N) is 2. The van der Waals surface area contributed by atoms with Crippen LogP contribution >= 0.6 is 0 Å². The van der Waals surface area contributed by atoms with Crippen LogP contribution in [0, 0.1) is 0 Å². The number of aliphatic hydroxyl groups is 1. The Labute approximate surface area is 165 Å². The number of aromatic nitrogens is 1. The van der Waals surface area contributed by atoms with Gasteiger partial charge in [-0.05, 0) is 61.0 Å². The molecule has 4 nitrogen and oxygen atoms in total. The van der Waals surface area contributed by atoms with Gasteiger partial charge in [0.05, 0.1) is 11.6 Å². The highest BCUT2D eigenvalue weighted by atomic mass is 16.3. The van der Waals surface area contributed by atoms with Crippen molar-refractivity contribution in [2.75, 3.05) is 13.1 Å². The van der Waals surface area contributed by atoms with Gasteiger partial charge in [-0.3, -0.25) is 9.69 Å². The van der Waals surface area contributed by atoms with Gasteiger partial charge in [-0.2, -0.15) is 0 Å². The van der Waals surface area contributed by atoms with Crippen molar-refractivity contribution in [2.45, 2.75) is 37.3 Å². The lowest BCUT2D eigenvalue weighted by Crippen LogP contribution is -2.47. The van der Waals surface area contributed by atoms with Crippen LogP contribution in [0.4, 0.5) is 0 Å². The maximum absolute atomic E-state index is 12.8. The molecule has 1 aliphatic heterocycles. The maximum atomic E-state index is 12.8. The number of aliphatic hydroxyl groups excluding tert-OH is 1. The molecule has 0 bridgehead atoms. The molecule has 2 aromatic carbocycles. The van der Waals surface area contributed by atoms with E-state index in [0.29, 0.717) is 6.54 Å². The predicted octanol–water partition coefficient (Wildman–Crippen LogP) is 2.99. The molecule has 1 fully saturated rings. The van der Waals surface area contributed by atoms with E-state index < -0.39 is 0 Å². The average molecular weight is 374 g/mol. The Morgan fingerprint density at radius 1 is 1.07 bits per heavy atom. The fraction of sp³-hybridized carbons (Fsp3) is 0.375. The van der Waals surface area contributed by atoms with Crippen molar-refractivity contribution in [2.24, 2.45) is 7.05 Å². The summed E-state index contributed by atoms with van der Waals surface area (Å²) < 4.78 is 1.76. The zero-order valence-electron chi connectivity index (χ0n) is 16.3. The number of benzene rings is 2. The summed E-state index contributed by atoms with van der Waals surface area (Å²) >= 11 is 0. The number of rotatable bonds is 2. The molecular formula is C24H26N2O2. The summed E-state index contributed by atoms with van der Waals surface area (Å²) in [5.41, 5.74) is 4.44. The van der Waals surface area contributed by atoms with Crippen LogP contribution in [-0.4, -0.2) is 33.8 Å². The van der Waals surface area contributed by atoms with Crippen molar-refractivity contribution in [3.63, 3.8) is 0 Å². The molecule has 1 N–H and O–H groups in total. The lowest BCUT2D eigenvalue weighted by molar-refractivity contribution is 0.0412. The first-order chi connectivity index (χ1) is 13.6. The molecular weight excluding hydrogens is 348 g/mol. The number of likely N-dealkylation sites (tertiary alicyclic amines) is 1. The van der Waals surface area contributed by atoms with Crippen molar-refractivity contribution in [1.82, 2.24) is 9.47 Å². The molecule has 0 unspecified atom stereocenters. The maximum Gasteiger partial charge on any atom is 0.255 e. The fourth-order valence-corrected chi connectivity index (χ4v) is 5.32. The first-order valence-electron chi connectivity index (χ1n) is 10.1. The lowest BCUT2D eigenvalue weighted by Gasteiger charge is -2.42. The third-order valence-corrected chi connectivity index (χ3v) is 6.95. The summed E-state index contributed by atoms with van der Waals surface area (Å²) in [6, 6.07) is 18.6. The Morgan fingerprint density at radius 3 is 2.61 bits per heavy atom. The van der Waals surface area contributed by atoms with Crippen molar-refractivity contribution in [1.29, 1.82) is 0 Å². The van der Waals surface area contributed by atoms with Gasteiger partial charge in [0.2, 0.25) is 0 Å². The fourth-order valence-electron chi connectivity index (χ4n) is 5.32. The molecule has 1 aromatic heterocycles. The molecule has 4 heteroatoms. The van der Waals surface area contributed by atoms with Gasteiger partial charge >= 0.3 is 0 Å². The van der Waals surface area contributed by atoms with E-state index in [-0.39, 0.29) is 17.1 Å². The van der Waals surface area contributed by atoms with Crippen LogP contribution in [0.15, 0.2) is 59.4 Å². The Hall–Kier alpha value is -2.43. The van der Waals surface area contributed by atoms with Gasteiger partial charge in [-0.25, -0.2) is 0 Å². The topological polar surface area (TPSA) is 45.5 Å². The Bertz CT molecular complexity index is 1090. The van der Waals surface area contributed by atoms with Crippen molar-refractivity contribution < 1.29 is 5.11 Å². The van der Waals surface area contributed by atoms with Crippen LogP contribution in [0.5, 0.6) is 0 Å². The first kappa shape index (κ1) is 17.7. The van der Waals surface area contributed by atoms with E-state index in [2.05, 4.69) is 35.2 Å². The van der Waals surface area contributed by atoms with Crippen LogP contribution < -0.4 is 5.56 Å². The van der Waals surface area contributed by atoms with E-state index in [1.807, 2.05) is 31.3 Å². The molecule has 1 saturated heterocycles. The van der Waals surface area contributed by atoms with Gasteiger partial charge in [-0.15, -0.1) is 0 Å². The number of fused-ring (bicyclic) bond motifs is 3. The number of piperidine rings is 1. The van der Waals surface area contributed by atoms with Crippen molar-refractivity contribution >= 4 is 10.9 Å². The Balaban J connectivity index is 1.38.